The molecule has 0 radical (unpaired) electrons. The molecule has 2 aromatic carbocycles. The third-order valence-corrected chi connectivity index (χ3v) is 3.83. The Morgan fingerprint density at radius 3 is 2.67 bits per heavy atom. The summed E-state index contributed by atoms with van der Waals surface area (Å²) < 4.78 is 18.3. The smallest absolute Gasteiger partial charge is 0.257 e. The van der Waals surface area contributed by atoms with Gasteiger partial charge in [-0.3, -0.25) is 4.79 Å². The van der Waals surface area contributed by atoms with Gasteiger partial charge in [0.1, 0.15) is 17.1 Å². The number of para-hydroxylation sites is 2. The molecule has 3 aromatic rings. The number of ketones is 1. The molecule has 0 N–H and O–H groups in total. The molecule has 0 bridgehead atoms. The van der Waals surface area contributed by atoms with Crippen LogP contribution in [0.4, 0.5) is 4.39 Å². The van der Waals surface area contributed by atoms with Crippen LogP contribution in [0.25, 0.3) is 11.1 Å². The van der Waals surface area contributed by atoms with Gasteiger partial charge in [-0.05, 0) is 29.8 Å². The molecule has 106 valence electrons. The number of rotatable bonds is 5. The van der Waals surface area contributed by atoms with Gasteiger partial charge in [-0.1, -0.05) is 36.0 Å². The Balaban J connectivity index is 1.59. The Bertz CT molecular complexity index is 734. The van der Waals surface area contributed by atoms with Crippen molar-refractivity contribution < 1.29 is 13.6 Å². The second-order valence-electron chi connectivity index (χ2n) is 4.58. The Kier molecular flexibility index (Phi) is 4.01. The van der Waals surface area contributed by atoms with Crippen LogP contribution in [0, 0.1) is 5.82 Å². The summed E-state index contributed by atoms with van der Waals surface area (Å²) in [6, 6.07) is 13.4. The molecule has 1 heterocycles. The van der Waals surface area contributed by atoms with E-state index in [1.807, 2.05) is 24.3 Å². The molecule has 0 saturated heterocycles. The number of thioether (sulfide) groups is 1. The molecule has 0 atom stereocenters. The molecule has 3 rings (SSSR count). The summed E-state index contributed by atoms with van der Waals surface area (Å²) in [6.07, 6.45) is 0.285. The van der Waals surface area contributed by atoms with Crippen molar-refractivity contribution in [2.75, 3.05) is 5.75 Å². The molecular weight excluding hydrogens is 289 g/mol. The van der Waals surface area contributed by atoms with Gasteiger partial charge >= 0.3 is 0 Å². The van der Waals surface area contributed by atoms with Gasteiger partial charge in [0.05, 0.1) is 5.75 Å². The van der Waals surface area contributed by atoms with Crippen molar-refractivity contribution in [1.29, 1.82) is 0 Å². The van der Waals surface area contributed by atoms with Gasteiger partial charge in [0, 0.05) is 6.42 Å². The van der Waals surface area contributed by atoms with Crippen LogP contribution < -0.4 is 0 Å². The number of hydrogen-bond acceptors (Lipinski definition) is 4. The zero-order valence-corrected chi connectivity index (χ0v) is 11.9. The van der Waals surface area contributed by atoms with E-state index >= 15 is 0 Å². The lowest BCUT2D eigenvalue weighted by molar-refractivity contribution is -0.116. The lowest BCUT2D eigenvalue weighted by atomic mass is 10.1. The van der Waals surface area contributed by atoms with Crippen molar-refractivity contribution in [2.24, 2.45) is 0 Å². The zero-order valence-electron chi connectivity index (χ0n) is 11.1. The molecule has 1 aromatic heterocycles. The summed E-state index contributed by atoms with van der Waals surface area (Å²) in [6.45, 7) is 0. The molecule has 0 fully saturated rings. The molecule has 0 aliphatic rings. The lowest BCUT2D eigenvalue weighted by Gasteiger charge is -1.99. The molecule has 0 aliphatic heterocycles. The second-order valence-corrected chi connectivity index (χ2v) is 5.50. The molecule has 21 heavy (non-hydrogen) atoms. The molecule has 0 amide bonds. The van der Waals surface area contributed by atoms with E-state index in [0.717, 1.165) is 11.1 Å². The molecule has 0 spiro atoms. The maximum absolute atomic E-state index is 12.8. The third kappa shape index (κ3) is 3.49. The van der Waals surface area contributed by atoms with Crippen LogP contribution in [0.2, 0.25) is 0 Å². The van der Waals surface area contributed by atoms with E-state index in [4.69, 9.17) is 4.42 Å². The summed E-state index contributed by atoms with van der Waals surface area (Å²) >= 11 is 1.28. The summed E-state index contributed by atoms with van der Waals surface area (Å²) in [4.78, 5) is 16.2. The van der Waals surface area contributed by atoms with Gasteiger partial charge in [-0.2, -0.15) is 0 Å². The standard InChI is InChI=1S/C16H12FNO2S/c17-12-7-5-11(6-8-12)9-13(19)10-21-16-18-14-3-1-2-4-15(14)20-16/h1-8H,9-10H2. The molecule has 3 nitrogen and oxygen atoms in total. The number of aromatic nitrogens is 1. The predicted octanol–water partition coefficient (Wildman–Crippen LogP) is 3.87. The van der Waals surface area contributed by atoms with Gasteiger partial charge in [0.2, 0.25) is 0 Å². The number of fused-ring (bicyclic) bond motifs is 1. The van der Waals surface area contributed by atoms with Crippen LogP contribution in [-0.2, 0) is 11.2 Å². The van der Waals surface area contributed by atoms with E-state index in [1.165, 1.54) is 23.9 Å². The van der Waals surface area contributed by atoms with Crippen LogP contribution in [0.3, 0.4) is 0 Å². The topological polar surface area (TPSA) is 43.1 Å². The molecular formula is C16H12FNO2S. The zero-order chi connectivity index (χ0) is 14.7. The van der Waals surface area contributed by atoms with Crippen LogP contribution in [0.15, 0.2) is 58.2 Å². The van der Waals surface area contributed by atoms with E-state index in [-0.39, 0.29) is 23.8 Å². The van der Waals surface area contributed by atoms with Gasteiger partial charge in [-0.15, -0.1) is 0 Å². The number of benzene rings is 2. The minimum absolute atomic E-state index is 0.0499. The third-order valence-electron chi connectivity index (χ3n) is 2.95. The van der Waals surface area contributed by atoms with Gasteiger partial charge in [0.25, 0.3) is 5.22 Å². The molecule has 0 saturated carbocycles. The van der Waals surface area contributed by atoms with E-state index in [9.17, 15) is 9.18 Å². The molecule has 0 aliphatic carbocycles. The van der Waals surface area contributed by atoms with E-state index in [2.05, 4.69) is 4.98 Å². The monoisotopic (exact) mass is 301 g/mol. The quantitative estimate of drug-likeness (QED) is 0.671. The second kappa shape index (κ2) is 6.10. The van der Waals surface area contributed by atoms with Crippen LogP contribution in [-0.4, -0.2) is 16.5 Å². The summed E-state index contributed by atoms with van der Waals surface area (Å²) in [5.74, 6) is 0.0328. The number of nitrogens with zero attached hydrogens (tertiary/aromatic N) is 1. The fraction of sp³-hybridized carbons (Fsp3) is 0.125. The van der Waals surface area contributed by atoms with E-state index in [0.29, 0.717) is 10.8 Å². The number of oxazole rings is 1. The van der Waals surface area contributed by atoms with Crippen molar-refractivity contribution in [1.82, 2.24) is 4.98 Å². The minimum Gasteiger partial charge on any atom is -0.431 e. The van der Waals surface area contributed by atoms with Gasteiger partial charge < -0.3 is 4.42 Å². The summed E-state index contributed by atoms with van der Waals surface area (Å²) in [5.41, 5.74) is 2.30. The highest BCUT2D eigenvalue weighted by Crippen LogP contribution is 2.23. The predicted molar refractivity (Wildman–Crippen MR) is 79.8 cm³/mol. The minimum atomic E-state index is -0.299. The highest BCUT2D eigenvalue weighted by molar-refractivity contribution is 7.99. The van der Waals surface area contributed by atoms with Crippen molar-refractivity contribution in [3.05, 3.63) is 59.9 Å². The fourth-order valence-electron chi connectivity index (χ4n) is 1.94. The average Bonchev–Trinajstić information content (AvgIpc) is 2.90. The maximum Gasteiger partial charge on any atom is 0.257 e. The Hall–Kier alpha value is -2.14. The number of carbonyl (C=O) groups excluding carboxylic acids is 1. The van der Waals surface area contributed by atoms with Crippen molar-refractivity contribution in [3.63, 3.8) is 0 Å². The molecule has 0 unspecified atom stereocenters. The molecule has 5 heteroatoms. The maximum atomic E-state index is 12.8. The SMILES string of the molecule is O=C(CSc1nc2ccccc2o1)Cc1ccc(F)cc1. The first-order valence-electron chi connectivity index (χ1n) is 6.45. The largest absolute Gasteiger partial charge is 0.431 e. The van der Waals surface area contributed by atoms with E-state index in [1.54, 1.807) is 12.1 Å². The number of carbonyl (C=O) groups is 1. The van der Waals surface area contributed by atoms with Crippen LogP contribution >= 0.6 is 11.8 Å². The Morgan fingerprint density at radius 1 is 1.14 bits per heavy atom. The van der Waals surface area contributed by atoms with Crippen molar-refractivity contribution >= 4 is 28.6 Å². The van der Waals surface area contributed by atoms with Crippen LogP contribution in [0.5, 0.6) is 0 Å². The van der Waals surface area contributed by atoms with E-state index < -0.39 is 0 Å². The normalized spacial score (nSPS) is 10.9. The number of Topliss-reactive ketones (excluding diaryl/α,β-unsaturated/α-hetero) is 1. The van der Waals surface area contributed by atoms with Gasteiger partial charge in [-0.25, -0.2) is 9.37 Å². The fourth-order valence-corrected chi connectivity index (χ4v) is 2.63. The number of hydrogen-bond donors (Lipinski definition) is 0. The van der Waals surface area contributed by atoms with Crippen LogP contribution in [0.1, 0.15) is 5.56 Å². The van der Waals surface area contributed by atoms with Crippen molar-refractivity contribution in [3.8, 4) is 0 Å². The highest BCUT2D eigenvalue weighted by Gasteiger charge is 2.09. The van der Waals surface area contributed by atoms with Crippen molar-refractivity contribution in [2.45, 2.75) is 11.6 Å². The highest BCUT2D eigenvalue weighted by atomic mass is 32.2. The summed E-state index contributed by atoms with van der Waals surface area (Å²) in [7, 11) is 0. The average molecular weight is 301 g/mol. The van der Waals surface area contributed by atoms with Gasteiger partial charge in [0.15, 0.2) is 5.58 Å². The first kappa shape index (κ1) is 13.8. The summed E-state index contributed by atoms with van der Waals surface area (Å²) in [5, 5.41) is 0.489. The lowest BCUT2D eigenvalue weighted by Crippen LogP contribution is -2.05. The Labute approximate surface area is 125 Å². The Morgan fingerprint density at radius 2 is 1.90 bits per heavy atom. The first-order chi connectivity index (χ1) is 10.2. The number of halogens is 1. The first-order valence-corrected chi connectivity index (χ1v) is 7.44.